The van der Waals surface area contributed by atoms with Crippen LogP contribution in [0.5, 0.6) is 0 Å². The fourth-order valence-corrected chi connectivity index (χ4v) is 2.31. The highest BCUT2D eigenvalue weighted by Gasteiger charge is 2.09. The summed E-state index contributed by atoms with van der Waals surface area (Å²) in [6.45, 7) is 2.58. The first-order valence-corrected chi connectivity index (χ1v) is 7.36. The Kier molecular flexibility index (Phi) is 4.37. The lowest BCUT2D eigenvalue weighted by atomic mass is 10.1. The molecule has 0 aliphatic carbocycles. The van der Waals surface area contributed by atoms with Gasteiger partial charge in [0.05, 0.1) is 0 Å². The summed E-state index contributed by atoms with van der Waals surface area (Å²) in [6.07, 6.45) is 3.62. The van der Waals surface area contributed by atoms with Gasteiger partial charge >= 0.3 is 0 Å². The van der Waals surface area contributed by atoms with Gasteiger partial charge in [0.15, 0.2) is 11.6 Å². The predicted octanol–water partition coefficient (Wildman–Crippen LogP) is 3.77. The number of carbonyl (C=O) groups excluding carboxylic acids is 1. The Labute approximate surface area is 137 Å². The zero-order chi connectivity index (χ0) is 17.1. The van der Waals surface area contributed by atoms with Gasteiger partial charge in [0.1, 0.15) is 5.82 Å². The number of hydrogen-bond donors (Lipinski definition) is 1. The molecule has 0 fully saturated rings. The molecule has 1 aromatic heterocycles. The average molecular weight is 327 g/mol. The van der Waals surface area contributed by atoms with Gasteiger partial charge in [-0.1, -0.05) is 12.1 Å². The second kappa shape index (κ2) is 6.62. The first-order valence-electron chi connectivity index (χ1n) is 7.36. The number of amides is 1. The predicted molar refractivity (Wildman–Crippen MR) is 86.8 cm³/mol. The molecule has 0 aliphatic rings. The van der Waals surface area contributed by atoms with Crippen LogP contribution in [-0.4, -0.2) is 15.5 Å². The first-order chi connectivity index (χ1) is 11.5. The van der Waals surface area contributed by atoms with Crippen molar-refractivity contribution in [3.05, 3.63) is 83.4 Å². The Balaban J connectivity index is 1.69. The third kappa shape index (κ3) is 3.48. The summed E-state index contributed by atoms with van der Waals surface area (Å²) in [5.41, 5.74) is 1.67. The topological polar surface area (TPSA) is 46.9 Å². The monoisotopic (exact) mass is 327 g/mol. The number of imidazole rings is 1. The van der Waals surface area contributed by atoms with Gasteiger partial charge in [-0.05, 0) is 36.8 Å². The number of aromatic nitrogens is 2. The van der Waals surface area contributed by atoms with E-state index >= 15 is 0 Å². The number of anilines is 1. The van der Waals surface area contributed by atoms with Gasteiger partial charge in [-0.3, -0.25) is 4.79 Å². The van der Waals surface area contributed by atoms with E-state index in [2.05, 4.69) is 10.3 Å². The van der Waals surface area contributed by atoms with Crippen molar-refractivity contribution in [1.29, 1.82) is 0 Å². The Bertz CT molecular complexity index is 872. The van der Waals surface area contributed by atoms with Crippen molar-refractivity contribution in [1.82, 2.24) is 9.55 Å². The first kappa shape index (κ1) is 15.9. The second-order valence-electron chi connectivity index (χ2n) is 5.38. The largest absolute Gasteiger partial charge is 0.331 e. The number of nitrogens with zero attached hydrogens (tertiary/aromatic N) is 2. The molecule has 0 unspecified atom stereocenters. The molecule has 1 N–H and O–H groups in total. The van der Waals surface area contributed by atoms with Gasteiger partial charge < -0.3 is 9.88 Å². The Morgan fingerprint density at radius 2 is 1.88 bits per heavy atom. The van der Waals surface area contributed by atoms with Crippen LogP contribution in [0.25, 0.3) is 0 Å². The number of halogens is 2. The van der Waals surface area contributed by atoms with Crippen LogP contribution in [0.1, 0.15) is 21.7 Å². The van der Waals surface area contributed by atoms with Crippen LogP contribution in [0.3, 0.4) is 0 Å². The van der Waals surface area contributed by atoms with E-state index in [4.69, 9.17) is 0 Å². The van der Waals surface area contributed by atoms with E-state index in [-0.39, 0.29) is 11.6 Å². The van der Waals surface area contributed by atoms with E-state index in [9.17, 15) is 13.6 Å². The van der Waals surface area contributed by atoms with Crippen molar-refractivity contribution in [2.45, 2.75) is 13.5 Å². The van der Waals surface area contributed by atoms with Crippen molar-refractivity contribution < 1.29 is 13.6 Å². The minimum Gasteiger partial charge on any atom is -0.331 e. The molecule has 0 aliphatic heterocycles. The van der Waals surface area contributed by atoms with Gasteiger partial charge in [0.2, 0.25) is 0 Å². The molecule has 0 radical (unpaired) electrons. The van der Waals surface area contributed by atoms with Crippen LogP contribution < -0.4 is 5.32 Å². The quantitative estimate of drug-likeness (QED) is 0.793. The van der Waals surface area contributed by atoms with Crippen molar-refractivity contribution in [3.63, 3.8) is 0 Å². The molecule has 0 saturated heterocycles. The lowest BCUT2D eigenvalue weighted by Gasteiger charge is -2.08. The zero-order valence-electron chi connectivity index (χ0n) is 13.0. The molecule has 24 heavy (non-hydrogen) atoms. The molecule has 122 valence electrons. The molecule has 3 aromatic rings. The van der Waals surface area contributed by atoms with E-state index in [1.165, 1.54) is 6.07 Å². The summed E-state index contributed by atoms with van der Waals surface area (Å²) in [4.78, 5) is 16.3. The van der Waals surface area contributed by atoms with Crippen LogP contribution in [0.2, 0.25) is 0 Å². The summed E-state index contributed by atoms with van der Waals surface area (Å²) < 4.78 is 28.1. The van der Waals surface area contributed by atoms with E-state index < -0.39 is 11.6 Å². The van der Waals surface area contributed by atoms with E-state index in [1.54, 1.807) is 18.3 Å². The van der Waals surface area contributed by atoms with E-state index in [1.807, 2.05) is 29.8 Å². The Morgan fingerprint density at radius 1 is 1.12 bits per heavy atom. The minimum absolute atomic E-state index is 0.206. The van der Waals surface area contributed by atoms with Gasteiger partial charge in [0, 0.05) is 36.3 Å². The van der Waals surface area contributed by atoms with Crippen molar-refractivity contribution in [2.75, 3.05) is 5.32 Å². The summed E-state index contributed by atoms with van der Waals surface area (Å²) in [6, 6.07) is 10.3. The number of aryl methyl sites for hydroxylation is 1. The van der Waals surface area contributed by atoms with Crippen LogP contribution in [0.15, 0.2) is 54.9 Å². The third-order valence-electron chi connectivity index (χ3n) is 3.67. The fraction of sp³-hybridized carbons (Fsp3) is 0.111. The molecule has 6 heteroatoms. The van der Waals surface area contributed by atoms with Crippen LogP contribution in [-0.2, 0) is 6.54 Å². The summed E-state index contributed by atoms with van der Waals surface area (Å²) in [5, 5.41) is 2.54. The smallest absolute Gasteiger partial charge is 0.255 e. The van der Waals surface area contributed by atoms with Crippen LogP contribution >= 0.6 is 0 Å². The Hall–Kier alpha value is -3.02. The molecule has 3 rings (SSSR count). The molecule has 0 atom stereocenters. The fourth-order valence-electron chi connectivity index (χ4n) is 2.31. The highest BCUT2D eigenvalue weighted by Crippen LogP contribution is 2.15. The van der Waals surface area contributed by atoms with Crippen LogP contribution in [0.4, 0.5) is 14.5 Å². The van der Waals surface area contributed by atoms with Crippen LogP contribution in [0, 0.1) is 18.6 Å². The normalized spacial score (nSPS) is 10.6. The highest BCUT2D eigenvalue weighted by atomic mass is 19.2. The molecule has 0 bridgehead atoms. The lowest BCUT2D eigenvalue weighted by Crippen LogP contribution is -2.12. The minimum atomic E-state index is -1.00. The van der Waals surface area contributed by atoms with E-state index in [0.29, 0.717) is 12.1 Å². The SMILES string of the molecule is Cc1nccn1Cc1ccc(C(=O)Nc2ccc(F)c(F)c2)cc1. The van der Waals surface area contributed by atoms with Gasteiger partial charge in [-0.2, -0.15) is 0 Å². The Morgan fingerprint density at radius 3 is 2.50 bits per heavy atom. The maximum absolute atomic E-state index is 13.2. The standard InChI is InChI=1S/C18H15F2N3O/c1-12-21-8-9-23(12)11-13-2-4-14(5-3-13)18(24)22-15-6-7-16(19)17(20)10-15/h2-10H,11H2,1H3,(H,22,24). The zero-order valence-corrected chi connectivity index (χ0v) is 13.0. The molecule has 0 spiro atoms. The van der Waals surface area contributed by atoms with Gasteiger partial charge in [-0.25, -0.2) is 13.8 Å². The van der Waals surface area contributed by atoms with Crippen molar-refractivity contribution in [2.24, 2.45) is 0 Å². The average Bonchev–Trinajstić information content (AvgIpc) is 2.97. The molecular weight excluding hydrogens is 312 g/mol. The molecule has 1 heterocycles. The molecule has 4 nitrogen and oxygen atoms in total. The molecule has 1 amide bonds. The summed E-state index contributed by atoms with van der Waals surface area (Å²) >= 11 is 0. The lowest BCUT2D eigenvalue weighted by molar-refractivity contribution is 0.102. The van der Waals surface area contributed by atoms with Gasteiger partial charge in [-0.15, -0.1) is 0 Å². The highest BCUT2D eigenvalue weighted by molar-refractivity contribution is 6.04. The molecular formula is C18H15F2N3O. The molecule has 0 saturated carbocycles. The number of nitrogens with one attached hydrogen (secondary N) is 1. The third-order valence-corrected chi connectivity index (χ3v) is 3.67. The van der Waals surface area contributed by atoms with E-state index in [0.717, 1.165) is 23.5 Å². The maximum atomic E-state index is 13.2. The maximum Gasteiger partial charge on any atom is 0.255 e. The summed E-state index contributed by atoms with van der Waals surface area (Å²) in [7, 11) is 0. The number of rotatable bonds is 4. The number of hydrogen-bond acceptors (Lipinski definition) is 2. The number of benzene rings is 2. The number of carbonyl (C=O) groups is 1. The summed E-state index contributed by atoms with van der Waals surface area (Å²) in [5.74, 6) is -1.42. The van der Waals surface area contributed by atoms with Gasteiger partial charge in [0.25, 0.3) is 5.91 Å². The van der Waals surface area contributed by atoms with Crippen molar-refractivity contribution in [3.8, 4) is 0 Å². The van der Waals surface area contributed by atoms with Crippen molar-refractivity contribution >= 4 is 11.6 Å². The second-order valence-corrected chi connectivity index (χ2v) is 5.38. The molecule has 2 aromatic carbocycles.